The summed E-state index contributed by atoms with van der Waals surface area (Å²) in [5.74, 6) is 0.486. The van der Waals surface area contributed by atoms with Gasteiger partial charge in [-0.2, -0.15) is 13.2 Å². The fourth-order valence-corrected chi connectivity index (χ4v) is 2.82. The number of halogens is 3. The van der Waals surface area contributed by atoms with Gasteiger partial charge in [0.15, 0.2) is 5.82 Å². The lowest BCUT2D eigenvalue weighted by molar-refractivity contribution is -0.139. The second kappa shape index (κ2) is 5.97. The first-order chi connectivity index (χ1) is 9.84. The van der Waals surface area contributed by atoms with Crippen LogP contribution in [0.3, 0.4) is 0 Å². The van der Waals surface area contributed by atoms with Gasteiger partial charge in [-0.05, 0) is 42.5 Å². The van der Waals surface area contributed by atoms with E-state index in [0.717, 1.165) is 23.4 Å². The van der Waals surface area contributed by atoms with Crippen molar-refractivity contribution in [2.75, 3.05) is 11.6 Å². The Morgan fingerprint density at radius 1 is 1.24 bits per heavy atom. The second-order valence-electron chi connectivity index (χ2n) is 4.48. The van der Waals surface area contributed by atoms with Crippen molar-refractivity contribution in [3.8, 4) is 0 Å². The first kappa shape index (κ1) is 15.7. The zero-order valence-corrected chi connectivity index (χ0v) is 12.5. The number of nitrogens with zero attached hydrogens (tertiary/aromatic N) is 2. The highest BCUT2D eigenvalue weighted by atomic mass is 32.2. The summed E-state index contributed by atoms with van der Waals surface area (Å²) < 4.78 is 43.4. The number of nitrogens with one attached hydrogen (secondary N) is 1. The number of benzene rings is 1. The Morgan fingerprint density at radius 2 is 1.95 bits per heavy atom. The van der Waals surface area contributed by atoms with E-state index >= 15 is 0 Å². The molecule has 0 amide bonds. The predicted octanol–water partition coefficient (Wildman–Crippen LogP) is 4.04. The average molecular weight is 317 g/mol. The summed E-state index contributed by atoms with van der Waals surface area (Å²) in [6.07, 6.45) is -2.71. The maximum atomic E-state index is 12.9. The van der Waals surface area contributed by atoms with Crippen molar-refractivity contribution in [3.63, 3.8) is 0 Å². The molecule has 0 bridgehead atoms. The summed E-state index contributed by atoms with van der Waals surface area (Å²) in [6.45, 7) is 3.77. The highest BCUT2D eigenvalue weighted by molar-refractivity contribution is 7.98. The molecule has 0 saturated carbocycles. The van der Waals surface area contributed by atoms with Crippen LogP contribution in [0, 0.1) is 13.8 Å². The number of hydrogen-bond donors (Lipinski definition) is 1. The maximum absolute atomic E-state index is 12.9. The second-order valence-corrected chi connectivity index (χ2v) is 5.30. The van der Waals surface area contributed by atoms with Crippen LogP contribution in [0.2, 0.25) is 0 Å². The minimum Gasteiger partial charge on any atom is -0.362 e. The molecule has 2 aromatic rings. The number of rotatable bonds is 4. The van der Waals surface area contributed by atoms with Gasteiger partial charge in [-0.1, -0.05) is 11.2 Å². The van der Waals surface area contributed by atoms with Gasteiger partial charge >= 0.3 is 6.18 Å². The molecule has 4 nitrogen and oxygen atoms in total. The van der Waals surface area contributed by atoms with Gasteiger partial charge in [-0.15, -0.1) is 11.8 Å². The molecule has 21 heavy (non-hydrogen) atoms. The molecule has 114 valence electrons. The zero-order chi connectivity index (χ0) is 15.6. The van der Waals surface area contributed by atoms with Crippen LogP contribution >= 0.6 is 11.8 Å². The van der Waals surface area contributed by atoms with E-state index in [4.69, 9.17) is 0 Å². The molecule has 0 spiro atoms. The van der Waals surface area contributed by atoms with E-state index < -0.39 is 11.7 Å². The molecule has 0 unspecified atom stereocenters. The Hall–Kier alpha value is -1.70. The number of thioether (sulfide) groups is 1. The van der Waals surface area contributed by atoms with Crippen molar-refractivity contribution < 1.29 is 17.8 Å². The highest BCUT2D eigenvalue weighted by Gasteiger charge is 2.34. The Morgan fingerprint density at radius 3 is 2.48 bits per heavy atom. The van der Waals surface area contributed by atoms with Crippen LogP contribution in [0.1, 0.15) is 22.4 Å². The van der Waals surface area contributed by atoms with E-state index in [1.165, 1.54) is 6.07 Å². The van der Waals surface area contributed by atoms with Crippen LogP contribution in [-0.4, -0.2) is 16.6 Å². The zero-order valence-electron chi connectivity index (χ0n) is 11.7. The molecule has 0 atom stereocenters. The molecule has 1 heterocycles. The van der Waals surface area contributed by atoms with Crippen LogP contribution in [0.15, 0.2) is 21.7 Å². The molecule has 0 aliphatic rings. The fourth-order valence-electron chi connectivity index (χ4n) is 1.98. The number of hydrogen-bond acceptors (Lipinski definition) is 5. The minimum atomic E-state index is -4.35. The van der Waals surface area contributed by atoms with E-state index in [2.05, 4.69) is 20.3 Å². The van der Waals surface area contributed by atoms with Gasteiger partial charge < -0.3 is 5.32 Å². The normalized spacial score (nSPS) is 11.7. The Kier molecular flexibility index (Phi) is 4.46. The summed E-state index contributed by atoms with van der Waals surface area (Å²) >= 11 is 1.10. The van der Waals surface area contributed by atoms with Crippen LogP contribution in [0.25, 0.3) is 0 Å². The van der Waals surface area contributed by atoms with Gasteiger partial charge in [-0.3, -0.25) is 0 Å². The van der Waals surface area contributed by atoms with E-state index in [1.54, 1.807) is 20.1 Å². The lowest BCUT2D eigenvalue weighted by Gasteiger charge is -2.17. The molecule has 1 aromatic carbocycles. The van der Waals surface area contributed by atoms with Crippen molar-refractivity contribution in [2.45, 2.75) is 31.5 Å². The summed E-state index contributed by atoms with van der Waals surface area (Å²) in [7, 11) is 0. The lowest BCUT2D eigenvalue weighted by atomic mass is 10.0. The molecular formula is C13H14F3N3OS. The lowest BCUT2D eigenvalue weighted by Crippen LogP contribution is -2.10. The van der Waals surface area contributed by atoms with Crippen LogP contribution in [0.5, 0.6) is 0 Å². The molecular weight excluding hydrogens is 303 g/mol. The highest BCUT2D eigenvalue weighted by Crippen LogP contribution is 2.38. The SMILES string of the molecule is CSc1c(C(F)(F)F)ccc(CNc2nonc2C)c1C. The summed E-state index contributed by atoms with van der Waals surface area (Å²) in [5.41, 5.74) is 1.38. The summed E-state index contributed by atoms with van der Waals surface area (Å²) in [4.78, 5) is 0.247. The third-order valence-electron chi connectivity index (χ3n) is 3.13. The third kappa shape index (κ3) is 3.31. The maximum Gasteiger partial charge on any atom is 0.417 e. The first-order valence-corrected chi connectivity index (χ1v) is 7.33. The van der Waals surface area contributed by atoms with E-state index in [1.807, 2.05) is 0 Å². The summed E-state index contributed by atoms with van der Waals surface area (Å²) in [6, 6.07) is 2.59. The number of aryl methyl sites for hydroxylation is 1. The van der Waals surface area contributed by atoms with E-state index in [0.29, 0.717) is 23.6 Å². The molecule has 1 aromatic heterocycles. The van der Waals surface area contributed by atoms with Crippen LogP contribution in [0.4, 0.5) is 19.0 Å². The van der Waals surface area contributed by atoms with Gasteiger partial charge in [0.2, 0.25) is 0 Å². The van der Waals surface area contributed by atoms with Gasteiger partial charge in [0, 0.05) is 11.4 Å². The molecule has 0 aliphatic carbocycles. The monoisotopic (exact) mass is 317 g/mol. The fraction of sp³-hybridized carbons (Fsp3) is 0.385. The Labute approximate surface area is 124 Å². The predicted molar refractivity (Wildman–Crippen MR) is 74.3 cm³/mol. The molecule has 2 rings (SSSR count). The quantitative estimate of drug-likeness (QED) is 0.863. The number of anilines is 1. The molecule has 0 saturated heterocycles. The molecule has 1 N–H and O–H groups in total. The Balaban J connectivity index is 2.28. The Bertz CT molecular complexity index is 640. The van der Waals surface area contributed by atoms with Crippen LogP contribution in [-0.2, 0) is 12.7 Å². The molecule has 0 fully saturated rings. The van der Waals surface area contributed by atoms with Crippen molar-refractivity contribution in [1.82, 2.24) is 10.3 Å². The van der Waals surface area contributed by atoms with Gasteiger partial charge in [0.1, 0.15) is 5.69 Å². The smallest absolute Gasteiger partial charge is 0.362 e. The van der Waals surface area contributed by atoms with Gasteiger partial charge in [0.05, 0.1) is 5.56 Å². The first-order valence-electron chi connectivity index (χ1n) is 6.11. The number of aromatic nitrogens is 2. The largest absolute Gasteiger partial charge is 0.417 e. The topological polar surface area (TPSA) is 51.0 Å². The van der Waals surface area contributed by atoms with E-state index in [-0.39, 0.29) is 4.90 Å². The molecule has 8 heteroatoms. The van der Waals surface area contributed by atoms with Gasteiger partial charge in [0.25, 0.3) is 0 Å². The van der Waals surface area contributed by atoms with Crippen molar-refractivity contribution in [2.24, 2.45) is 0 Å². The number of alkyl halides is 3. The van der Waals surface area contributed by atoms with Crippen molar-refractivity contribution in [1.29, 1.82) is 0 Å². The van der Waals surface area contributed by atoms with E-state index in [9.17, 15) is 13.2 Å². The minimum absolute atomic E-state index is 0.247. The standard InChI is InChI=1S/C13H14F3N3OS/c1-7-9(6-17-12-8(2)18-20-19-12)4-5-10(11(7)21-3)13(14,15)16/h4-5H,6H2,1-3H3,(H,17,19). The average Bonchev–Trinajstić information content (AvgIpc) is 2.81. The van der Waals surface area contributed by atoms with Crippen LogP contribution < -0.4 is 5.32 Å². The molecule has 0 aliphatic heterocycles. The third-order valence-corrected chi connectivity index (χ3v) is 4.06. The summed E-state index contributed by atoms with van der Waals surface area (Å²) in [5, 5.41) is 10.3. The van der Waals surface area contributed by atoms with Gasteiger partial charge in [-0.25, -0.2) is 4.63 Å². The molecule has 0 radical (unpaired) electrons. The van der Waals surface area contributed by atoms with Crippen molar-refractivity contribution in [3.05, 3.63) is 34.5 Å². The van der Waals surface area contributed by atoms with Crippen molar-refractivity contribution >= 4 is 17.6 Å².